The number of nitro benzene ring substituents is 1. The Morgan fingerprint density at radius 1 is 1.47 bits per heavy atom. The van der Waals surface area contributed by atoms with Crippen molar-refractivity contribution in [3.63, 3.8) is 0 Å². The van der Waals surface area contributed by atoms with Gasteiger partial charge in [-0.3, -0.25) is 10.1 Å². The number of rotatable bonds is 6. The third kappa shape index (κ3) is 3.84. The second-order valence-electron chi connectivity index (χ2n) is 4.60. The van der Waals surface area contributed by atoms with Crippen LogP contribution in [0.1, 0.15) is 25.5 Å². The van der Waals surface area contributed by atoms with E-state index in [2.05, 4.69) is 0 Å². The summed E-state index contributed by atoms with van der Waals surface area (Å²) < 4.78 is 0. The van der Waals surface area contributed by atoms with Crippen LogP contribution in [0.25, 0.3) is 0 Å². The number of aliphatic hydroxyl groups is 1. The Bertz CT molecular complexity index is 452. The average Bonchev–Trinajstić information content (AvgIpc) is 2.37. The zero-order chi connectivity index (χ0) is 14.6. The molecular formula is C13H20N2O3S. The highest BCUT2D eigenvalue weighted by Crippen LogP contribution is 2.31. The second kappa shape index (κ2) is 6.77. The molecular weight excluding hydrogens is 264 g/mol. The monoisotopic (exact) mass is 284 g/mol. The number of hydrogen-bond donors (Lipinski definition) is 1. The summed E-state index contributed by atoms with van der Waals surface area (Å²) in [5.74, 6) is 0.895. The first kappa shape index (κ1) is 15.8. The van der Waals surface area contributed by atoms with Crippen LogP contribution >= 0.6 is 11.8 Å². The van der Waals surface area contributed by atoms with Crippen molar-refractivity contribution < 1.29 is 10.0 Å². The molecule has 2 atom stereocenters. The molecule has 0 aliphatic carbocycles. The van der Waals surface area contributed by atoms with E-state index in [0.717, 1.165) is 5.75 Å². The topological polar surface area (TPSA) is 66.6 Å². The predicted octanol–water partition coefficient (Wildman–Crippen LogP) is 2.84. The van der Waals surface area contributed by atoms with E-state index >= 15 is 0 Å². The maximum Gasteiger partial charge on any atom is 0.292 e. The van der Waals surface area contributed by atoms with Gasteiger partial charge < -0.3 is 10.0 Å². The maximum absolute atomic E-state index is 11.2. The standard InChI is InChI=1S/C13H20N2O3S/c1-9(8-19-4)14(3)12-6-5-11(10(2)16)7-13(12)15(17)18/h5-7,9-10,16H,8H2,1-4H3. The van der Waals surface area contributed by atoms with E-state index in [1.165, 1.54) is 6.07 Å². The first-order valence-electron chi connectivity index (χ1n) is 6.06. The highest BCUT2D eigenvalue weighted by molar-refractivity contribution is 7.98. The number of benzene rings is 1. The summed E-state index contributed by atoms with van der Waals surface area (Å²) >= 11 is 1.70. The fourth-order valence-corrected chi connectivity index (χ4v) is 2.54. The number of anilines is 1. The van der Waals surface area contributed by atoms with Crippen molar-refractivity contribution in [2.75, 3.05) is 24.0 Å². The van der Waals surface area contributed by atoms with Gasteiger partial charge in [0.1, 0.15) is 5.69 Å². The van der Waals surface area contributed by atoms with E-state index in [-0.39, 0.29) is 11.7 Å². The fourth-order valence-electron chi connectivity index (χ4n) is 1.84. The molecule has 1 aromatic carbocycles. The molecule has 0 aliphatic heterocycles. The summed E-state index contributed by atoms with van der Waals surface area (Å²) in [5.41, 5.74) is 1.17. The SMILES string of the molecule is CSCC(C)N(C)c1ccc(C(C)O)cc1[N+](=O)[O-]. The number of aliphatic hydroxyl groups excluding tert-OH is 1. The molecule has 0 spiro atoms. The predicted molar refractivity (Wildman–Crippen MR) is 80.0 cm³/mol. The third-order valence-electron chi connectivity index (χ3n) is 3.13. The smallest absolute Gasteiger partial charge is 0.292 e. The van der Waals surface area contributed by atoms with Gasteiger partial charge in [0.15, 0.2) is 0 Å². The largest absolute Gasteiger partial charge is 0.389 e. The molecule has 0 radical (unpaired) electrons. The summed E-state index contributed by atoms with van der Waals surface area (Å²) in [6.45, 7) is 3.63. The Balaban J connectivity index is 3.16. The van der Waals surface area contributed by atoms with E-state index in [1.54, 1.807) is 30.8 Å². The number of thioether (sulfide) groups is 1. The fraction of sp³-hybridized carbons (Fsp3) is 0.538. The molecule has 1 rings (SSSR count). The van der Waals surface area contributed by atoms with E-state index in [9.17, 15) is 15.2 Å². The van der Waals surface area contributed by atoms with Crippen LogP contribution in [-0.4, -0.2) is 35.1 Å². The molecule has 0 saturated heterocycles. The van der Waals surface area contributed by atoms with E-state index in [0.29, 0.717) is 11.3 Å². The van der Waals surface area contributed by atoms with Gasteiger partial charge in [-0.05, 0) is 31.7 Å². The van der Waals surface area contributed by atoms with Gasteiger partial charge in [-0.1, -0.05) is 6.07 Å². The molecule has 5 nitrogen and oxygen atoms in total. The summed E-state index contributed by atoms with van der Waals surface area (Å²) in [6, 6.07) is 5.08. The lowest BCUT2D eigenvalue weighted by Crippen LogP contribution is -2.31. The van der Waals surface area contributed by atoms with Crippen molar-refractivity contribution >= 4 is 23.1 Å². The molecule has 0 aliphatic rings. The van der Waals surface area contributed by atoms with Gasteiger partial charge >= 0.3 is 0 Å². The minimum absolute atomic E-state index is 0.0360. The molecule has 0 aromatic heterocycles. The van der Waals surface area contributed by atoms with Crippen LogP contribution < -0.4 is 4.90 Å². The molecule has 0 bridgehead atoms. The molecule has 2 unspecified atom stereocenters. The van der Waals surface area contributed by atoms with Crippen LogP contribution in [0.4, 0.5) is 11.4 Å². The molecule has 0 saturated carbocycles. The van der Waals surface area contributed by atoms with Gasteiger partial charge in [0.2, 0.25) is 0 Å². The van der Waals surface area contributed by atoms with Gasteiger partial charge in [0.25, 0.3) is 5.69 Å². The van der Waals surface area contributed by atoms with Gasteiger partial charge in [-0.25, -0.2) is 0 Å². The zero-order valence-electron chi connectivity index (χ0n) is 11.7. The van der Waals surface area contributed by atoms with Gasteiger partial charge in [0, 0.05) is 24.9 Å². The zero-order valence-corrected chi connectivity index (χ0v) is 12.5. The summed E-state index contributed by atoms with van der Waals surface area (Å²) in [5, 5.41) is 20.7. The number of nitrogens with zero attached hydrogens (tertiary/aromatic N) is 2. The van der Waals surface area contributed by atoms with Crippen LogP contribution in [0.5, 0.6) is 0 Å². The lowest BCUT2D eigenvalue weighted by Gasteiger charge is -2.26. The van der Waals surface area contributed by atoms with Crippen LogP contribution in [0.3, 0.4) is 0 Å². The van der Waals surface area contributed by atoms with Crippen molar-refractivity contribution in [3.05, 3.63) is 33.9 Å². The molecule has 0 heterocycles. The molecule has 1 N–H and O–H groups in total. The molecule has 106 valence electrons. The number of nitro groups is 1. The summed E-state index contributed by atoms with van der Waals surface area (Å²) in [7, 11) is 1.85. The minimum atomic E-state index is -0.707. The molecule has 6 heteroatoms. The van der Waals surface area contributed by atoms with Crippen LogP contribution in [-0.2, 0) is 0 Å². The molecule has 1 aromatic rings. The van der Waals surface area contributed by atoms with Crippen LogP contribution in [0.2, 0.25) is 0 Å². The van der Waals surface area contributed by atoms with Crippen molar-refractivity contribution in [3.8, 4) is 0 Å². The Morgan fingerprint density at radius 2 is 2.11 bits per heavy atom. The maximum atomic E-state index is 11.2. The Morgan fingerprint density at radius 3 is 2.58 bits per heavy atom. The quantitative estimate of drug-likeness (QED) is 0.642. The first-order valence-corrected chi connectivity index (χ1v) is 7.46. The summed E-state index contributed by atoms with van der Waals surface area (Å²) in [6.07, 6.45) is 1.30. The lowest BCUT2D eigenvalue weighted by molar-refractivity contribution is -0.384. The van der Waals surface area contributed by atoms with Crippen molar-refractivity contribution in [1.82, 2.24) is 0 Å². The highest BCUT2D eigenvalue weighted by Gasteiger charge is 2.21. The lowest BCUT2D eigenvalue weighted by atomic mass is 10.1. The van der Waals surface area contributed by atoms with Crippen LogP contribution in [0.15, 0.2) is 18.2 Å². The van der Waals surface area contributed by atoms with Gasteiger partial charge in [-0.15, -0.1) is 0 Å². The normalized spacial score (nSPS) is 13.9. The van der Waals surface area contributed by atoms with E-state index in [4.69, 9.17) is 0 Å². The van der Waals surface area contributed by atoms with Gasteiger partial charge in [0.05, 0.1) is 11.0 Å². The third-order valence-corrected chi connectivity index (χ3v) is 3.94. The van der Waals surface area contributed by atoms with E-state index < -0.39 is 11.0 Å². The molecule has 19 heavy (non-hydrogen) atoms. The Labute approximate surface area is 117 Å². The van der Waals surface area contributed by atoms with Crippen molar-refractivity contribution in [2.45, 2.75) is 26.0 Å². The van der Waals surface area contributed by atoms with Gasteiger partial charge in [-0.2, -0.15) is 11.8 Å². The highest BCUT2D eigenvalue weighted by atomic mass is 32.2. The Hall–Kier alpha value is -1.27. The second-order valence-corrected chi connectivity index (χ2v) is 5.51. The average molecular weight is 284 g/mol. The summed E-state index contributed by atoms with van der Waals surface area (Å²) in [4.78, 5) is 12.7. The Kier molecular flexibility index (Phi) is 5.62. The van der Waals surface area contributed by atoms with Crippen LogP contribution in [0, 0.1) is 10.1 Å². The molecule has 0 amide bonds. The first-order chi connectivity index (χ1) is 8.88. The van der Waals surface area contributed by atoms with E-state index in [1.807, 2.05) is 25.1 Å². The molecule has 0 fully saturated rings. The number of hydrogen-bond acceptors (Lipinski definition) is 5. The van der Waals surface area contributed by atoms with Crippen molar-refractivity contribution in [2.24, 2.45) is 0 Å². The van der Waals surface area contributed by atoms with Crippen molar-refractivity contribution in [1.29, 1.82) is 0 Å². The minimum Gasteiger partial charge on any atom is -0.389 e.